The second-order valence-electron chi connectivity index (χ2n) is 19.4. The summed E-state index contributed by atoms with van der Waals surface area (Å²) in [4.78, 5) is 12.1. The van der Waals surface area contributed by atoms with E-state index in [1.807, 2.05) is 27.7 Å². The minimum absolute atomic E-state index is 0.0362. The van der Waals surface area contributed by atoms with E-state index in [4.69, 9.17) is 25.9 Å². The van der Waals surface area contributed by atoms with Gasteiger partial charge in [0, 0.05) is 28.5 Å². The quantitative estimate of drug-likeness (QED) is 0.195. The molecule has 0 amide bonds. The van der Waals surface area contributed by atoms with Gasteiger partial charge in [-0.15, -0.1) is 0 Å². The summed E-state index contributed by atoms with van der Waals surface area (Å²) in [6.07, 6.45) is 9.59. The molecule has 0 aromatic carbocycles. The summed E-state index contributed by atoms with van der Waals surface area (Å²) in [6, 6.07) is 0. The summed E-state index contributed by atoms with van der Waals surface area (Å²) in [6.45, 7) is 27.0. The summed E-state index contributed by atoms with van der Waals surface area (Å²) in [5, 5.41) is 0.0867. The number of rotatable bonds is 8. The zero-order valence-corrected chi connectivity index (χ0v) is 35.0. The van der Waals surface area contributed by atoms with Gasteiger partial charge in [-0.05, 0) is 149 Å². The predicted molar refractivity (Wildman–Crippen MR) is 203 cm³/mol. The van der Waals surface area contributed by atoms with Gasteiger partial charge in [0.2, 0.25) is 4.38 Å². The van der Waals surface area contributed by atoms with Crippen LogP contribution in [0.3, 0.4) is 0 Å². The molecule has 5 aliphatic rings. The molecular formula is C39H67NO6S3. The first-order valence-corrected chi connectivity index (χ1v) is 21.9. The van der Waals surface area contributed by atoms with Crippen LogP contribution in [0.1, 0.15) is 141 Å². The Kier molecular flexibility index (Phi) is 10.9. The van der Waals surface area contributed by atoms with Gasteiger partial charge >= 0.3 is 16.3 Å². The number of thioether (sulfide) groups is 1. The Morgan fingerprint density at radius 2 is 1.63 bits per heavy atom. The molecule has 0 heterocycles. The summed E-state index contributed by atoms with van der Waals surface area (Å²) in [5.41, 5.74) is -0.744. The molecule has 7 nitrogen and oxygen atoms in total. The van der Waals surface area contributed by atoms with Gasteiger partial charge in [0.1, 0.15) is 6.10 Å². The molecular weight excluding hydrogens is 675 g/mol. The van der Waals surface area contributed by atoms with E-state index in [2.05, 4.69) is 53.2 Å². The van der Waals surface area contributed by atoms with E-state index >= 15 is 0 Å². The number of carbonyl (C=O) groups excluding carboxylic acids is 1. The maximum absolute atomic E-state index is 13.4. The molecule has 5 saturated carbocycles. The van der Waals surface area contributed by atoms with Gasteiger partial charge in [0.15, 0.2) is 0 Å². The Balaban J connectivity index is 1.57. The third-order valence-corrected chi connectivity index (χ3v) is 18.1. The lowest BCUT2D eigenvalue weighted by atomic mass is 9.32. The van der Waals surface area contributed by atoms with E-state index in [9.17, 15) is 13.2 Å². The van der Waals surface area contributed by atoms with Crippen molar-refractivity contribution in [3.63, 3.8) is 0 Å². The molecule has 0 bridgehead atoms. The van der Waals surface area contributed by atoms with Gasteiger partial charge in [-0.3, -0.25) is 8.98 Å². The van der Waals surface area contributed by atoms with Gasteiger partial charge in [0.25, 0.3) is 0 Å². The summed E-state index contributed by atoms with van der Waals surface area (Å²) >= 11 is 7.56. The minimum atomic E-state index is -3.96. The SMILES string of the molecule is CCOC(=S)S[C@H]1C[C@]2(C)[C@H](CC[C@@H]3[C@@]4(C)CC[C@H](OC(C)=O)C(C)(C)[C@@H]4CC[C@]32C)[C@H]2[C@H](C(C)C)CC[C@@]21COS(=O)(=O)NC(C)(C)C. The number of esters is 1. The Labute approximate surface area is 308 Å². The first kappa shape index (κ1) is 39.8. The van der Waals surface area contributed by atoms with Gasteiger partial charge in [-0.25, -0.2) is 0 Å². The molecule has 5 fully saturated rings. The van der Waals surface area contributed by atoms with E-state index in [0.717, 1.165) is 51.4 Å². The van der Waals surface area contributed by atoms with E-state index in [0.29, 0.717) is 46.5 Å². The molecule has 0 aromatic rings. The number of hydrogen-bond acceptors (Lipinski definition) is 8. The smallest absolute Gasteiger partial charge is 0.336 e. The zero-order chi connectivity index (χ0) is 36.6. The fourth-order valence-electron chi connectivity index (χ4n) is 13.2. The molecule has 0 aromatic heterocycles. The zero-order valence-electron chi connectivity index (χ0n) is 32.6. The molecule has 11 atom stereocenters. The number of hydrogen-bond donors (Lipinski definition) is 1. The average molecular weight is 742 g/mol. The normalized spacial score (nSPS) is 43.2. The van der Waals surface area contributed by atoms with Crippen molar-refractivity contribution < 1.29 is 26.9 Å². The van der Waals surface area contributed by atoms with Crippen molar-refractivity contribution in [2.45, 2.75) is 158 Å². The van der Waals surface area contributed by atoms with E-state index in [1.54, 1.807) is 18.7 Å². The fraction of sp³-hybridized carbons (Fsp3) is 0.949. The van der Waals surface area contributed by atoms with Gasteiger partial charge in [0.05, 0.1) is 13.2 Å². The topological polar surface area (TPSA) is 90.9 Å². The lowest BCUT2D eigenvalue weighted by molar-refractivity contribution is -0.251. The van der Waals surface area contributed by atoms with Gasteiger partial charge in [-0.2, -0.15) is 13.1 Å². The number of fused-ring (bicyclic) bond motifs is 7. The Morgan fingerprint density at radius 1 is 0.959 bits per heavy atom. The highest BCUT2D eigenvalue weighted by atomic mass is 32.2. The number of nitrogens with one attached hydrogen (secondary N) is 1. The third-order valence-electron chi connectivity index (χ3n) is 15.2. The van der Waals surface area contributed by atoms with Crippen molar-refractivity contribution >= 4 is 44.6 Å². The van der Waals surface area contributed by atoms with Crippen molar-refractivity contribution in [3.8, 4) is 0 Å². The third kappa shape index (κ3) is 6.80. The summed E-state index contributed by atoms with van der Waals surface area (Å²) < 4.78 is 48.1. The molecule has 5 rings (SSSR count). The Morgan fingerprint density at radius 3 is 2.22 bits per heavy atom. The predicted octanol–water partition coefficient (Wildman–Crippen LogP) is 9.34. The van der Waals surface area contributed by atoms with Crippen LogP contribution >= 0.6 is 24.0 Å². The highest BCUT2D eigenvalue weighted by Gasteiger charge is 2.73. The Hall–Kier alpha value is -0.420. The van der Waals surface area contributed by atoms with Crippen molar-refractivity contribution in [1.29, 1.82) is 0 Å². The number of carbonyl (C=O) groups is 1. The van der Waals surface area contributed by atoms with Gasteiger partial charge in [-0.1, -0.05) is 60.2 Å². The molecule has 0 saturated heterocycles. The molecule has 10 heteroatoms. The lowest BCUT2D eigenvalue weighted by Gasteiger charge is -2.73. The number of ether oxygens (including phenoxy) is 2. The van der Waals surface area contributed by atoms with E-state index < -0.39 is 15.8 Å². The maximum atomic E-state index is 13.4. The second kappa shape index (κ2) is 13.5. The highest BCUT2D eigenvalue weighted by molar-refractivity contribution is 8.23. The molecule has 0 spiro atoms. The molecule has 0 radical (unpaired) electrons. The van der Waals surface area contributed by atoms with Crippen LogP contribution < -0.4 is 4.72 Å². The van der Waals surface area contributed by atoms with Crippen LogP contribution in [0, 0.1) is 62.6 Å². The maximum Gasteiger partial charge on any atom is 0.336 e. The van der Waals surface area contributed by atoms with Crippen LogP contribution in [0.2, 0.25) is 0 Å². The van der Waals surface area contributed by atoms with E-state index in [1.165, 1.54) is 6.42 Å². The van der Waals surface area contributed by atoms with Crippen LogP contribution in [0.5, 0.6) is 0 Å². The van der Waals surface area contributed by atoms with Crippen LogP contribution in [-0.2, 0) is 28.8 Å². The van der Waals surface area contributed by atoms with Crippen molar-refractivity contribution in [1.82, 2.24) is 4.72 Å². The molecule has 0 aliphatic heterocycles. The molecule has 0 unspecified atom stereocenters. The molecule has 5 aliphatic carbocycles. The summed E-state index contributed by atoms with van der Waals surface area (Å²) in [7, 11) is -3.96. The van der Waals surface area contributed by atoms with Crippen LogP contribution in [0.25, 0.3) is 0 Å². The Bertz CT molecular complexity index is 1380. The van der Waals surface area contributed by atoms with Crippen LogP contribution in [0.15, 0.2) is 0 Å². The molecule has 282 valence electrons. The monoisotopic (exact) mass is 741 g/mol. The lowest BCUT2D eigenvalue weighted by Crippen LogP contribution is -2.68. The van der Waals surface area contributed by atoms with Crippen LogP contribution in [-0.4, -0.2) is 48.9 Å². The molecule has 49 heavy (non-hydrogen) atoms. The second-order valence-corrected chi connectivity index (χ2v) is 22.5. The first-order chi connectivity index (χ1) is 22.5. The summed E-state index contributed by atoms with van der Waals surface area (Å²) in [5.74, 6) is 2.64. The van der Waals surface area contributed by atoms with Crippen LogP contribution in [0.4, 0.5) is 0 Å². The fourth-order valence-corrected chi connectivity index (χ4v) is 16.3. The van der Waals surface area contributed by atoms with Crippen molar-refractivity contribution in [3.05, 3.63) is 0 Å². The van der Waals surface area contributed by atoms with Gasteiger partial charge < -0.3 is 9.47 Å². The first-order valence-electron chi connectivity index (χ1n) is 19.2. The van der Waals surface area contributed by atoms with E-state index in [-0.39, 0.29) is 51.0 Å². The largest absolute Gasteiger partial charge is 0.479 e. The van der Waals surface area contributed by atoms with Crippen molar-refractivity contribution in [2.24, 2.45) is 62.6 Å². The standard InChI is InChI=1S/C39H67NO6S3/c1-13-44-33(47)48-31-22-38(12)27(32-26(24(2)3)16-21-39(31,32)23-45-49(42,43)40-34(5,6)7)14-15-29-36(10)19-18-30(46-25(4)41)35(8,9)28(36)17-20-37(29,38)11/h24,26-32,40H,13-23H2,1-12H3/t26-,27+,28-,29+,30-,31-,32+,36-,37+,38+,39-/m0/s1. The number of thiocarbonyl (C=S) groups is 1. The molecule has 1 N–H and O–H groups in total. The highest BCUT2D eigenvalue weighted by Crippen LogP contribution is 2.78. The minimum Gasteiger partial charge on any atom is -0.479 e. The average Bonchev–Trinajstić information content (AvgIpc) is 3.34. The van der Waals surface area contributed by atoms with Crippen molar-refractivity contribution in [2.75, 3.05) is 13.2 Å².